The highest BCUT2D eigenvalue weighted by atomic mass is 19.3. The van der Waals surface area contributed by atoms with Crippen molar-refractivity contribution >= 4 is 11.6 Å². The smallest absolute Gasteiger partial charge is 0.281 e. The van der Waals surface area contributed by atoms with Crippen LogP contribution in [-0.2, 0) is 10.7 Å². The first-order valence-corrected chi connectivity index (χ1v) is 9.17. The van der Waals surface area contributed by atoms with Crippen LogP contribution < -0.4 is 4.74 Å². The van der Waals surface area contributed by atoms with Gasteiger partial charge in [-0.25, -0.2) is 18.2 Å². The average Bonchev–Trinajstić information content (AvgIpc) is 2.68. The number of aromatic nitrogens is 1. The zero-order valence-corrected chi connectivity index (χ0v) is 16.5. The van der Waals surface area contributed by atoms with Gasteiger partial charge in [0, 0.05) is 50.0 Å². The lowest BCUT2D eigenvalue weighted by molar-refractivity contribution is -0.129. The Morgan fingerprint density at radius 3 is 2.48 bits per heavy atom. The molecule has 1 aromatic heterocycles. The van der Waals surface area contributed by atoms with Gasteiger partial charge in [0.05, 0.1) is 5.71 Å². The number of halogens is 3. The Morgan fingerprint density at radius 1 is 1.34 bits per heavy atom. The van der Waals surface area contributed by atoms with Gasteiger partial charge in [-0.3, -0.25) is 9.79 Å². The fourth-order valence-electron chi connectivity index (χ4n) is 2.97. The molecular formula is C21H24F3N3O2. The van der Waals surface area contributed by atoms with Gasteiger partial charge in [-0.2, -0.15) is 0 Å². The summed E-state index contributed by atoms with van der Waals surface area (Å²) in [5, 5.41) is 0. The van der Waals surface area contributed by atoms with Gasteiger partial charge >= 0.3 is 0 Å². The summed E-state index contributed by atoms with van der Waals surface area (Å²) >= 11 is 0. The Labute approximate surface area is 168 Å². The molecule has 2 rings (SSSR count). The number of carbonyl (C=O) groups excluding carboxylic acids is 1. The number of hydrogen-bond acceptors (Lipinski definition) is 4. The third-order valence-corrected chi connectivity index (χ3v) is 4.52. The lowest BCUT2D eigenvalue weighted by atomic mass is 9.90. The topological polar surface area (TPSA) is 54.8 Å². The lowest BCUT2D eigenvalue weighted by Gasteiger charge is -2.32. The second-order valence-electron chi connectivity index (χ2n) is 6.77. The van der Waals surface area contributed by atoms with Crippen molar-refractivity contribution < 1.29 is 22.7 Å². The Kier molecular flexibility index (Phi) is 7.36. The molecule has 1 saturated heterocycles. The summed E-state index contributed by atoms with van der Waals surface area (Å²) in [5.41, 5.74) is 0.353. The minimum Gasteiger partial charge on any atom is -0.438 e. The molecule has 0 saturated carbocycles. The molecule has 29 heavy (non-hydrogen) atoms. The number of allylic oxidation sites excluding steroid dienone is 2. The molecule has 2 heterocycles. The Morgan fingerprint density at radius 2 is 2.00 bits per heavy atom. The van der Waals surface area contributed by atoms with Crippen molar-refractivity contribution in [1.29, 1.82) is 0 Å². The minimum atomic E-state index is -2.99. The quantitative estimate of drug-likeness (QED) is 0.371. The number of carbonyl (C=O) groups is 1. The minimum absolute atomic E-state index is 0.0603. The third-order valence-electron chi connectivity index (χ3n) is 4.52. The van der Waals surface area contributed by atoms with E-state index < -0.39 is 17.7 Å². The van der Waals surface area contributed by atoms with Crippen LogP contribution in [0.3, 0.4) is 0 Å². The van der Waals surface area contributed by atoms with Crippen LogP contribution in [-0.4, -0.2) is 34.6 Å². The predicted octanol–water partition coefficient (Wildman–Crippen LogP) is 4.78. The van der Waals surface area contributed by atoms with Gasteiger partial charge in [0.15, 0.2) is 5.83 Å². The number of amides is 1. The number of piperidine rings is 1. The summed E-state index contributed by atoms with van der Waals surface area (Å²) in [6.07, 6.45) is 5.49. The van der Waals surface area contributed by atoms with Crippen LogP contribution in [0.4, 0.5) is 13.2 Å². The SMILES string of the molecule is C=C(F)C(=O)N1CCC(C(=N/C=C\C)C(=C)Oc2ccc(C(C)(F)F)cn2)CC1. The summed E-state index contributed by atoms with van der Waals surface area (Å²) in [6.45, 7) is 10.3. The molecule has 0 bridgehead atoms. The zero-order valence-electron chi connectivity index (χ0n) is 16.5. The number of aliphatic imine (C=N–C) groups is 1. The van der Waals surface area contributed by atoms with Gasteiger partial charge in [-0.1, -0.05) is 19.2 Å². The molecule has 0 N–H and O–H groups in total. The molecule has 1 aliphatic rings. The van der Waals surface area contributed by atoms with Crippen LogP contribution in [0.5, 0.6) is 5.88 Å². The molecule has 1 amide bonds. The Bertz CT molecular complexity index is 819. The average molecular weight is 407 g/mol. The molecule has 1 aromatic rings. The number of alkyl halides is 2. The van der Waals surface area contributed by atoms with Crippen molar-refractivity contribution in [3.63, 3.8) is 0 Å². The highest BCUT2D eigenvalue weighted by molar-refractivity contribution is 6.00. The fourth-order valence-corrected chi connectivity index (χ4v) is 2.97. The van der Waals surface area contributed by atoms with Crippen molar-refractivity contribution in [2.24, 2.45) is 10.9 Å². The Balaban J connectivity index is 2.09. The van der Waals surface area contributed by atoms with E-state index in [4.69, 9.17) is 4.74 Å². The summed E-state index contributed by atoms with van der Waals surface area (Å²) in [4.78, 5) is 21.4. The first-order chi connectivity index (χ1) is 13.6. The van der Waals surface area contributed by atoms with Crippen LogP contribution in [0.1, 0.15) is 32.3 Å². The Hall–Kier alpha value is -2.90. The highest BCUT2D eigenvalue weighted by Gasteiger charge is 2.29. The van der Waals surface area contributed by atoms with E-state index in [1.165, 1.54) is 17.0 Å². The maximum Gasteiger partial charge on any atom is 0.281 e. The third kappa shape index (κ3) is 6.04. The summed E-state index contributed by atoms with van der Waals surface area (Å²) in [6, 6.07) is 2.59. The molecule has 5 nitrogen and oxygen atoms in total. The van der Waals surface area contributed by atoms with Crippen LogP contribution in [0, 0.1) is 5.92 Å². The first kappa shape index (κ1) is 22.4. The summed E-state index contributed by atoms with van der Waals surface area (Å²) in [5.74, 6) is -4.37. The predicted molar refractivity (Wildman–Crippen MR) is 105 cm³/mol. The zero-order chi connectivity index (χ0) is 21.6. The summed E-state index contributed by atoms with van der Waals surface area (Å²) in [7, 11) is 0. The van der Waals surface area contributed by atoms with Crippen molar-refractivity contribution in [1.82, 2.24) is 9.88 Å². The van der Waals surface area contributed by atoms with Gasteiger partial charge in [0.2, 0.25) is 5.88 Å². The molecule has 0 spiro atoms. The van der Waals surface area contributed by atoms with E-state index in [9.17, 15) is 18.0 Å². The first-order valence-electron chi connectivity index (χ1n) is 9.17. The monoisotopic (exact) mass is 407 g/mol. The lowest BCUT2D eigenvalue weighted by Crippen LogP contribution is -2.40. The number of pyridine rings is 1. The maximum absolute atomic E-state index is 13.3. The summed E-state index contributed by atoms with van der Waals surface area (Å²) < 4.78 is 45.3. The molecule has 0 aliphatic carbocycles. The van der Waals surface area contributed by atoms with Gasteiger partial charge in [0.25, 0.3) is 11.8 Å². The number of rotatable bonds is 7. The molecule has 0 unspecified atom stereocenters. The second-order valence-corrected chi connectivity index (χ2v) is 6.77. The number of hydrogen-bond donors (Lipinski definition) is 0. The standard InChI is InChI=1S/C21H24F3N3O2/c1-5-10-25-19(16-8-11-27(12-9-16)20(28)14(2)22)15(3)29-18-7-6-17(13-26-18)21(4,23)24/h5-7,10,13,16H,2-3,8-9,11-12H2,1,4H3/b10-5-,25-19?. The van der Waals surface area contributed by atoms with E-state index in [-0.39, 0.29) is 23.1 Å². The van der Waals surface area contributed by atoms with Crippen LogP contribution in [0.2, 0.25) is 0 Å². The molecule has 0 atom stereocenters. The number of likely N-dealkylation sites (tertiary alicyclic amines) is 1. The van der Waals surface area contributed by atoms with Gasteiger partial charge in [0.1, 0.15) is 5.76 Å². The van der Waals surface area contributed by atoms with Crippen LogP contribution in [0.25, 0.3) is 0 Å². The van der Waals surface area contributed by atoms with Gasteiger partial charge < -0.3 is 9.64 Å². The second kappa shape index (κ2) is 9.54. The molecular weight excluding hydrogens is 383 g/mol. The molecule has 0 radical (unpaired) electrons. The molecule has 1 fully saturated rings. The van der Waals surface area contributed by atoms with Crippen molar-refractivity contribution in [3.05, 3.63) is 60.9 Å². The van der Waals surface area contributed by atoms with E-state index >= 15 is 0 Å². The van der Waals surface area contributed by atoms with Crippen LogP contribution >= 0.6 is 0 Å². The largest absolute Gasteiger partial charge is 0.438 e. The normalized spacial score (nSPS) is 16.2. The maximum atomic E-state index is 13.3. The van der Waals surface area contributed by atoms with Crippen LogP contribution in [0.15, 0.2) is 60.3 Å². The molecule has 0 aromatic carbocycles. The molecule has 156 valence electrons. The molecule has 8 heteroatoms. The highest BCUT2D eigenvalue weighted by Crippen LogP contribution is 2.28. The molecule has 1 aliphatic heterocycles. The fraction of sp³-hybridized carbons (Fsp3) is 0.381. The van der Waals surface area contributed by atoms with E-state index in [0.717, 1.165) is 13.1 Å². The van der Waals surface area contributed by atoms with E-state index in [1.807, 2.05) is 6.92 Å². The van der Waals surface area contributed by atoms with Gasteiger partial charge in [-0.15, -0.1) is 0 Å². The number of ether oxygens (including phenoxy) is 1. The van der Waals surface area contributed by atoms with Crippen molar-refractivity contribution in [3.8, 4) is 5.88 Å². The van der Waals surface area contributed by atoms with E-state index in [0.29, 0.717) is 31.6 Å². The van der Waals surface area contributed by atoms with Crippen molar-refractivity contribution in [2.45, 2.75) is 32.6 Å². The van der Waals surface area contributed by atoms with E-state index in [2.05, 4.69) is 23.1 Å². The number of nitrogens with zero attached hydrogens (tertiary/aromatic N) is 3. The van der Waals surface area contributed by atoms with Crippen molar-refractivity contribution in [2.75, 3.05) is 13.1 Å². The van der Waals surface area contributed by atoms with E-state index in [1.54, 1.807) is 12.3 Å². The van der Waals surface area contributed by atoms with Gasteiger partial charge in [-0.05, 0) is 25.8 Å².